The van der Waals surface area contributed by atoms with E-state index in [1.165, 1.54) is 6.42 Å². The van der Waals surface area contributed by atoms with Crippen molar-refractivity contribution in [1.29, 1.82) is 0 Å². The molecule has 0 radical (unpaired) electrons. The molecular formula is C17H26N2O3. The van der Waals surface area contributed by atoms with E-state index in [9.17, 15) is 4.79 Å². The summed E-state index contributed by atoms with van der Waals surface area (Å²) in [6.45, 7) is 6.68. The van der Waals surface area contributed by atoms with Crippen molar-refractivity contribution in [2.75, 3.05) is 26.7 Å². The van der Waals surface area contributed by atoms with Crippen LogP contribution in [-0.4, -0.2) is 38.8 Å². The number of rotatable bonds is 6. The first kappa shape index (κ1) is 16.6. The van der Waals surface area contributed by atoms with Gasteiger partial charge >= 0.3 is 0 Å². The summed E-state index contributed by atoms with van der Waals surface area (Å²) in [5.41, 5.74) is 0.594. The number of hydrogen-bond acceptors (Lipinski definition) is 4. The van der Waals surface area contributed by atoms with Crippen LogP contribution in [0.15, 0.2) is 18.2 Å². The van der Waals surface area contributed by atoms with Gasteiger partial charge in [0.2, 0.25) is 0 Å². The number of piperidine rings is 1. The van der Waals surface area contributed by atoms with E-state index in [-0.39, 0.29) is 12.0 Å². The molecule has 1 saturated heterocycles. The monoisotopic (exact) mass is 306 g/mol. The summed E-state index contributed by atoms with van der Waals surface area (Å²) in [4.78, 5) is 12.3. The average molecular weight is 306 g/mol. The third-order valence-electron chi connectivity index (χ3n) is 3.74. The minimum atomic E-state index is -0.0695. The number of ether oxygens (including phenoxy) is 2. The van der Waals surface area contributed by atoms with Crippen molar-refractivity contribution in [3.05, 3.63) is 23.8 Å². The van der Waals surface area contributed by atoms with Gasteiger partial charge in [0.15, 0.2) is 11.5 Å². The van der Waals surface area contributed by atoms with Crippen LogP contribution in [0.2, 0.25) is 0 Å². The van der Waals surface area contributed by atoms with Crippen LogP contribution in [0.3, 0.4) is 0 Å². The predicted octanol–water partition coefficient (Wildman–Crippen LogP) is 2.21. The molecule has 2 rings (SSSR count). The van der Waals surface area contributed by atoms with Gasteiger partial charge < -0.3 is 20.1 Å². The lowest BCUT2D eigenvalue weighted by Crippen LogP contribution is -2.38. The number of carbonyl (C=O) groups excluding carboxylic acids is 1. The van der Waals surface area contributed by atoms with Crippen LogP contribution in [0.1, 0.15) is 37.0 Å². The molecule has 5 nitrogen and oxygen atoms in total. The topological polar surface area (TPSA) is 59.6 Å². The van der Waals surface area contributed by atoms with Crippen LogP contribution in [0.4, 0.5) is 0 Å². The Hall–Kier alpha value is -1.75. The molecule has 1 aliphatic rings. The van der Waals surface area contributed by atoms with E-state index in [1.807, 2.05) is 13.8 Å². The number of methoxy groups -OCH3 is 1. The van der Waals surface area contributed by atoms with Crippen molar-refractivity contribution in [2.24, 2.45) is 5.92 Å². The van der Waals surface area contributed by atoms with Crippen molar-refractivity contribution in [2.45, 2.75) is 32.8 Å². The largest absolute Gasteiger partial charge is 0.493 e. The lowest BCUT2D eigenvalue weighted by atomic mass is 9.99. The van der Waals surface area contributed by atoms with Crippen molar-refractivity contribution in [3.8, 4) is 11.5 Å². The number of amides is 1. The number of hydrogen-bond donors (Lipinski definition) is 2. The standard InChI is InChI=1S/C17H26N2O3/c1-12(2)22-15-7-6-14(9-16(15)21-3)17(20)19-11-13-5-4-8-18-10-13/h6-7,9,12-13,18H,4-5,8,10-11H2,1-3H3,(H,19,20). The van der Waals surface area contributed by atoms with Gasteiger partial charge in [0, 0.05) is 12.1 Å². The SMILES string of the molecule is COc1cc(C(=O)NCC2CCCNC2)ccc1OC(C)C. The molecule has 2 N–H and O–H groups in total. The van der Waals surface area contributed by atoms with E-state index in [4.69, 9.17) is 9.47 Å². The molecule has 1 aromatic carbocycles. The molecule has 1 unspecified atom stereocenters. The second-order valence-electron chi connectivity index (χ2n) is 5.95. The van der Waals surface area contributed by atoms with E-state index in [2.05, 4.69) is 10.6 Å². The van der Waals surface area contributed by atoms with Crippen molar-refractivity contribution in [3.63, 3.8) is 0 Å². The van der Waals surface area contributed by atoms with Crippen LogP contribution >= 0.6 is 0 Å². The molecule has 0 aromatic heterocycles. The molecule has 1 atom stereocenters. The van der Waals surface area contributed by atoms with Crippen molar-refractivity contribution < 1.29 is 14.3 Å². The predicted molar refractivity (Wildman–Crippen MR) is 86.7 cm³/mol. The number of benzene rings is 1. The minimum absolute atomic E-state index is 0.0624. The highest BCUT2D eigenvalue weighted by Crippen LogP contribution is 2.29. The van der Waals surface area contributed by atoms with Crippen LogP contribution < -0.4 is 20.1 Å². The molecular weight excluding hydrogens is 280 g/mol. The van der Waals surface area contributed by atoms with E-state index < -0.39 is 0 Å². The molecule has 0 bridgehead atoms. The summed E-state index contributed by atoms with van der Waals surface area (Å²) in [7, 11) is 1.58. The summed E-state index contributed by atoms with van der Waals surface area (Å²) in [5.74, 6) is 1.69. The Labute approximate surface area is 132 Å². The molecule has 1 aliphatic heterocycles. The van der Waals surface area contributed by atoms with Gasteiger partial charge in [-0.1, -0.05) is 0 Å². The third-order valence-corrected chi connectivity index (χ3v) is 3.74. The van der Waals surface area contributed by atoms with Gasteiger partial charge in [-0.05, 0) is 63.9 Å². The van der Waals surface area contributed by atoms with E-state index >= 15 is 0 Å². The van der Waals surface area contributed by atoms with Crippen molar-refractivity contribution in [1.82, 2.24) is 10.6 Å². The summed E-state index contributed by atoms with van der Waals surface area (Å²) >= 11 is 0. The van der Waals surface area contributed by atoms with E-state index in [1.54, 1.807) is 25.3 Å². The highest BCUT2D eigenvalue weighted by molar-refractivity contribution is 5.94. The molecule has 1 amide bonds. The Balaban J connectivity index is 1.96. The number of carbonyl (C=O) groups is 1. The zero-order chi connectivity index (χ0) is 15.9. The fourth-order valence-electron chi connectivity index (χ4n) is 2.60. The van der Waals surface area contributed by atoms with Gasteiger partial charge in [0.25, 0.3) is 5.91 Å². The zero-order valence-electron chi connectivity index (χ0n) is 13.6. The Kier molecular flexibility index (Phi) is 6.07. The lowest BCUT2D eigenvalue weighted by molar-refractivity contribution is 0.0944. The molecule has 0 saturated carbocycles. The first-order chi connectivity index (χ1) is 10.6. The maximum absolute atomic E-state index is 12.3. The van der Waals surface area contributed by atoms with Crippen LogP contribution in [0.5, 0.6) is 11.5 Å². The van der Waals surface area contributed by atoms with Gasteiger partial charge in [-0.2, -0.15) is 0 Å². The second-order valence-corrected chi connectivity index (χ2v) is 5.95. The molecule has 1 fully saturated rings. The quantitative estimate of drug-likeness (QED) is 0.846. The van der Waals surface area contributed by atoms with Crippen LogP contribution in [0.25, 0.3) is 0 Å². The Morgan fingerprint density at radius 2 is 2.23 bits per heavy atom. The van der Waals surface area contributed by atoms with Gasteiger partial charge in [-0.3, -0.25) is 4.79 Å². The Bertz CT molecular complexity index is 497. The lowest BCUT2D eigenvalue weighted by Gasteiger charge is -2.23. The summed E-state index contributed by atoms with van der Waals surface area (Å²) < 4.78 is 11.0. The fraction of sp³-hybridized carbons (Fsp3) is 0.588. The molecule has 0 spiro atoms. The molecule has 22 heavy (non-hydrogen) atoms. The Morgan fingerprint density at radius 1 is 1.41 bits per heavy atom. The third kappa shape index (κ3) is 4.63. The minimum Gasteiger partial charge on any atom is -0.493 e. The van der Waals surface area contributed by atoms with Crippen LogP contribution in [-0.2, 0) is 0 Å². The van der Waals surface area contributed by atoms with Gasteiger partial charge in [0.1, 0.15) is 0 Å². The van der Waals surface area contributed by atoms with Gasteiger partial charge in [0.05, 0.1) is 13.2 Å². The maximum Gasteiger partial charge on any atom is 0.251 e. The fourth-order valence-corrected chi connectivity index (χ4v) is 2.60. The van der Waals surface area contributed by atoms with Gasteiger partial charge in [-0.15, -0.1) is 0 Å². The summed E-state index contributed by atoms with van der Waals surface area (Å²) in [5, 5.41) is 6.36. The molecule has 5 heteroatoms. The number of nitrogens with one attached hydrogen (secondary N) is 2. The molecule has 0 aliphatic carbocycles. The van der Waals surface area contributed by atoms with Gasteiger partial charge in [-0.25, -0.2) is 0 Å². The second kappa shape index (κ2) is 8.03. The maximum atomic E-state index is 12.3. The van der Waals surface area contributed by atoms with E-state index in [0.29, 0.717) is 29.5 Å². The normalized spacial score (nSPS) is 18.1. The highest BCUT2D eigenvalue weighted by atomic mass is 16.5. The van der Waals surface area contributed by atoms with Crippen LogP contribution in [0, 0.1) is 5.92 Å². The average Bonchev–Trinajstić information content (AvgIpc) is 2.53. The molecule has 122 valence electrons. The van der Waals surface area contributed by atoms with E-state index in [0.717, 1.165) is 19.5 Å². The molecule has 1 aromatic rings. The zero-order valence-corrected chi connectivity index (χ0v) is 13.6. The Morgan fingerprint density at radius 3 is 2.86 bits per heavy atom. The molecule has 1 heterocycles. The summed E-state index contributed by atoms with van der Waals surface area (Å²) in [6.07, 6.45) is 2.40. The smallest absolute Gasteiger partial charge is 0.251 e. The highest BCUT2D eigenvalue weighted by Gasteiger charge is 2.16. The van der Waals surface area contributed by atoms with Crippen molar-refractivity contribution >= 4 is 5.91 Å². The first-order valence-corrected chi connectivity index (χ1v) is 7.93. The first-order valence-electron chi connectivity index (χ1n) is 7.93. The summed E-state index contributed by atoms with van der Waals surface area (Å²) in [6, 6.07) is 5.29.